The van der Waals surface area contributed by atoms with E-state index in [1.165, 1.54) is 43.4 Å². The second kappa shape index (κ2) is 9.15. The molecule has 1 N–H and O–H groups in total. The number of anilines is 1. The van der Waals surface area contributed by atoms with Crippen molar-refractivity contribution in [1.29, 1.82) is 0 Å². The lowest BCUT2D eigenvalue weighted by Crippen LogP contribution is -2.12. The van der Waals surface area contributed by atoms with Gasteiger partial charge in [0.05, 0.1) is 6.61 Å². The second-order valence-corrected chi connectivity index (χ2v) is 7.68. The van der Waals surface area contributed by atoms with Crippen LogP contribution >= 0.6 is 22.9 Å². The zero-order chi connectivity index (χ0) is 17.5. The van der Waals surface area contributed by atoms with Crippen molar-refractivity contribution in [1.82, 2.24) is 10.2 Å². The van der Waals surface area contributed by atoms with Crippen molar-refractivity contribution in [2.24, 2.45) is 0 Å². The molecule has 7 heteroatoms. The number of nitrogens with one attached hydrogen (secondary N) is 1. The summed E-state index contributed by atoms with van der Waals surface area (Å²) in [6.45, 7) is 0.485. The summed E-state index contributed by atoms with van der Waals surface area (Å²) in [4.78, 5) is 12.0. The fourth-order valence-corrected chi connectivity index (χ4v) is 3.99. The van der Waals surface area contributed by atoms with Gasteiger partial charge in [0.15, 0.2) is 0 Å². The average molecular weight is 380 g/mol. The minimum Gasteiger partial charge on any atom is -0.494 e. The van der Waals surface area contributed by atoms with Crippen LogP contribution in [0.3, 0.4) is 0 Å². The number of hydrogen-bond donors (Lipinski definition) is 1. The predicted octanol–water partition coefficient (Wildman–Crippen LogP) is 5.04. The van der Waals surface area contributed by atoms with Crippen molar-refractivity contribution in [2.45, 2.75) is 50.9 Å². The number of rotatable bonds is 7. The van der Waals surface area contributed by atoms with Gasteiger partial charge < -0.3 is 10.1 Å². The van der Waals surface area contributed by atoms with Crippen LogP contribution in [0.1, 0.15) is 55.9 Å². The summed E-state index contributed by atoms with van der Waals surface area (Å²) in [6, 6.07) is 7.19. The Labute approximate surface area is 156 Å². The van der Waals surface area contributed by atoms with Crippen molar-refractivity contribution in [3.8, 4) is 5.75 Å². The molecule has 0 aliphatic heterocycles. The van der Waals surface area contributed by atoms with Gasteiger partial charge in [-0.3, -0.25) is 4.79 Å². The molecule has 1 aromatic heterocycles. The largest absolute Gasteiger partial charge is 0.494 e. The van der Waals surface area contributed by atoms with Crippen molar-refractivity contribution >= 4 is 34.0 Å². The number of halogens is 1. The molecule has 5 nitrogen and oxygen atoms in total. The monoisotopic (exact) mass is 379 g/mol. The van der Waals surface area contributed by atoms with E-state index < -0.39 is 0 Å². The molecular weight excluding hydrogens is 358 g/mol. The normalized spacial score (nSPS) is 15.1. The maximum Gasteiger partial charge on any atom is 0.226 e. The molecule has 0 unspecified atom stereocenters. The Balaban J connectivity index is 1.37. The van der Waals surface area contributed by atoms with Gasteiger partial charge in [-0.1, -0.05) is 42.2 Å². The third-order valence-corrected chi connectivity index (χ3v) is 5.53. The van der Waals surface area contributed by atoms with Gasteiger partial charge in [-0.05, 0) is 43.5 Å². The Morgan fingerprint density at radius 3 is 2.72 bits per heavy atom. The third kappa shape index (κ3) is 5.68. The highest BCUT2D eigenvalue weighted by molar-refractivity contribution is 7.15. The molecule has 3 rings (SSSR count). The van der Waals surface area contributed by atoms with Gasteiger partial charge in [0.1, 0.15) is 10.8 Å². The number of ether oxygens (including phenoxy) is 1. The van der Waals surface area contributed by atoms with Gasteiger partial charge in [-0.2, -0.15) is 0 Å². The van der Waals surface area contributed by atoms with E-state index in [2.05, 4.69) is 15.5 Å². The Kier molecular flexibility index (Phi) is 6.64. The van der Waals surface area contributed by atoms with Crippen molar-refractivity contribution in [3.63, 3.8) is 0 Å². The minimum atomic E-state index is -0.0500. The van der Waals surface area contributed by atoms with E-state index in [0.29, 0.717) is 35.5 Å². The van der Waals surface area contributed by atoms with E-state index in [-0.39, 0.29) is 5.91 Å². The van der Waals surface area contributed by atoms with E-state index in [0.717, 1.165) is 10.8 Å². The van der Waals surface area contributed by atoms with Crippen LogP contribution in [-0.4, -0.2) is 22.7 Å². The van der Waals surface area contributed by atoms with E-state index in [4.69, 9.17) is 16.3 Å². The molecule has 0 spiro atoms. The zero-order valence-electron chi connectivity index (χ0n) is 14.0. The first-order valence-corrected chi connectivity index (χ1v) is 9.92. The molecule has 134 valence electrons. The van der Waals surface area contributed by atoms with Crippen LogP contribution in [-0.2, 0) is 4.79 Å². The highest BCUT2D eigenvalue weighted by Crippen LogP contribution is 2.35. The van der Waals surface area contributed by atoms with Crippen LogP contribution in [0.25, 0.3) is 0 Å². The fraction of sp³-hybridized carbons (Fsp3) is 0.500. The van der Waals surface area contributed by atoms with Gasteiger partial charge in [-0.25, -0.2) is 0 Å². The first-order chi connectivity index (χ1) is 12.2. The summed E-state index contributed by atoms with van der Waals surface area (Å²) in [5, 5.41) is 13.5. The summed E-state index contributed by atoms with van der Waals surface area (Å²) >= 11 is 7.33. The van der Waals surface area contributed by atoms with Gasteiger partial charge >= 0.3 is 0 Å². The lowest BCUT2D eigenvalue weighted by atomic mass is 9.90. The van der Waals surface area contributed by atoms with Gasteiger partial charge in [0.25, 0.3) is 0 Å². The molecule has 1 aliphatic carbocycles. The Bertz CT molecular complexity index is 684. The van der Waals surface area contributed by atoms with Gasteiger partial charge in [0.2, 0.25) is 11.0 Å². The molecule has 1 heterocycles. The molecule has 1 aromatic carbocycles. The molecular formula is C18H22ClN3O2S. The predicted molar refractivity (Wildman–Crippen MR) is 101 cm³/mol. The van der Waals surface area contributed by atoms with Gasteiger partial charge in [0, 0.05) is 17.4 Å². The fourth-order valence-electron chi connectivity index (χ4n) is 2.93. The standard InChI is InChI=1S/C18H22ClN3O2S/c19-14-8-10-15(11-9-14)24-12-4-7-16(23)20-18-22-21-17(25-18)13-5-2-1-3-6-13/h8-11,13H,1-7,12H2,(H,20,22,23). The first-order valence-electron chi connectivity index (χ1n) is 8.72. The van der Waals surface area contributed by atoms with Crippen molar-refractivity contribution in [3.05, 3.63) is 34.3 Å². The number of hydrogen-bond acceptors (Lipinski definition) is 5. The van der Waals surface area contributed by atoms with E-state index in [1.807, 2.05) is 12.1 Å². The number of carbonyl (C=O) groups excluding carboxylic acids is 1. The summed E-state index contributed by atoms with van der Waals surface area (Å²) in [7, 11) is 0. The van der Waals surface area contributed by atoms with Crippen LogP contribution in [0, 0.1) is 0 Å². The summed E-state index contributed by atoms with van der Waals surface area (Å²) in [6.07, 6.45) is 7.25. The highest BCUT2D eigenvalue weighted by atomic mass is 35.5. The number of nitrogens with zero attached hydrogens (tertiary/aromatic N) is 2. The quantitative estimate of drug-likeness (QED) is 0.684. The maximum atomic E-state index is 12.0. The van der Waals surface area contributed by atoms with Gasteiger partial charge in [-0.15, -0.1) is 10.2 Å². The van der Waals surface area contributed by atoms with E-state index in [1.54, 1.807) is 12.1 Å². The molecule has 2 aromatic rings. The van der Waals surface area contributed by atoms with Crippen molar-refractivity contribution < 1.29 is 9.53 Å². The van der Waals surface area contributed by atoms with E-state index in [9.17, 15) is 4.79 Å². The van der Waals surface area contributed by atoms with Crippen LogP contribution in [0.15, 0.2) is 24.3 Å². The number of carbonyl (C=O) groups is 1. The zero-order valence-corrected chi connectivity index (χ0v) is 15.6. The average Bonchev–Trinajstić information content (AvgIpc) is 3.09. The molecule has 25 heavy (non-hydrogen) atoms. The van der Waals surface area contributed by atoms with Crippen molar-refractivity contribution in [2.75, 3.05) is 11.9 Å². The van der Waals surface area contributed by atoms with Crippen LogP contribution in [0.2, 0.25) is 5.02 Å². The number of benzene rings is 1. The van der Waals surface area contributed by atoms with Crippen LogP contribution in [0.5, 0.6) is 5.75 Å². The molecule has 1 fully saturated rings. The second-order valence-electron chi connectivity index (χ2n) is 6.23. The minimum absolute atomic E-state index is 0.0500. The maximum absolute atomic E-state index is 12.0. The number of amides is 1. The van der Waals surface area contributed by atoms with Crippen LogP contribution in [0.4, 0.5) is 5.13 Å². The lowest BCUT2D eigenvalue weighted by molar-refractivity contribution is -0.116. The Morgan fingerprint density at radius 2 is 1.96 bits per heavy atom. The Hall–Kier alpha value is -1.66. The lowest BCUT2D eigenvalue weighted by Gasteiger charge is -2.18. The summed E-state index contributed by atoms with van der Waals surface area (Å²) in [5.74, 6) is 1.22. The molecule has 1 aliphatic rings. The summed E-state index contributed by atoms with van der Waals surface area (Å²) in [5.41, 5.74) is 0. The molecule has 0 saturated heterocycles. The third-order valence-electron chi connectivity index (χ3n) is 4.27. The molecule has 1 amide bonds. The molecule has 0 bridgehead atoms. The summed E-state index contributed by atoms with van der Waals surface area (Å²) < 4.78 is 5.58. The molecule has 0 atom stereocenters. The molecule has 1 saturated carbocycles. The highest BCUT2D eigenvalue weighted by Gasteiger charge is 2.20. The first kappa shape index (κ1) is 18.1. The topological polar surface area (TPSA) is 64.1 Å². The number of aromatic nitrogens is 2. The smallest absolute Gasteiger partial charge is 0.226 e. The SMILES string of the molecule is O=C(CCCOc1ccc(Cl)cc1)Nc1nnc(C2CCCCC2)s1. The molecule has 0 radical (unpaired) electrons. The Morgan fingerprint density at radius 1 is 1.20 bits per heavy atom. The van der Waals surface area contributed by atoms with E-state index >= 15 is 0 Å². The van der Waals surface area contributed by atoms with Crippen LogP contribution < -0.4 is 10.1 Å².